The fourth-order valence-electron chi connectivity index (χ4n) is 1.54. The molecule has 0 fully saturated rings. The predicted molar refractivity (Wildman–Crippen MR) is 74.6 cm³/mol. The van der Waals surface area contributed by atoms with Gasteiger partial charge in [0.25, 0.3) is 0 Å². The van der Waals surface area contributed by atoms with Crippen LogP contribution in [0.25, 0.3) is 0 Å². The van der Waals surface area contributed by atoms with E-state index in [0.717, 1.165) is 22.0 Å². The zero-order valence-electron chi connectivity index (χ0n) is 10.1. The van der Waals surface area contributed by atoms with Crippen LogP contribution in [0.4, 0.5) is 5.82 Å². The third-order valence-electron chi connectivity index (χ3n) is 2.46. The van der Waals surface area contributed by atoms with Crippen LogP contribution in [0.2, 0.25) is 0 Å². The number of anilines is 1. The van der Waals surface area contributed by atoms with Crippen molar-refractivity contribution in [2.24, 2.45) is 5.84 Å². The van der Waals surface area contributed by atoms with Crippen molar-refractivity contribution in [3.8, 4) is 5.75 Å². The third kappa shape index (κ3) is 3.15. The first kappa shape index (κ1) is 12.7. The van der Waals surface area contributed by atoms with Gasteiger partial charge in [0.2, 0.25) is 0 Å². The van der Waals surface area contributed by atoms with Gasteiger partial charge in [0.1, 0.15) is 11.6 Å². The average molecular weight is 261 g/mol. The van der Waals surface area contributed by atoms with Crippen molar-refractivity contribution in [3.05, 3.63) is 48.2 Å². The number of pyridine rings is 1. The van der Waals surface area contributed by atoms with Gasteiger partial charge in [0, 0.05) is 22.4 Å². The van der Waals surface area contributed by atoms with Gasteiger partial charge in [-0.25, -0.2) is 10.8 Å². The summed E-state index contributed by atoms with van der Waals surface area (Å²) in [6.07, 6.45) is 1.72. The molecule has 0 amide bonds. The molecule has 2 aromatic rings. The van der Waals surface area contributed by atoms with Crippen molar-refractivity contribution in [3.63, 3.8) is 0 Å². The van der Waals surface area contributed by atoms with E-state index >= 15 is 0 Å². The smallest absolute Gasteiger partial charge is 0.143 e. The van der Waals surface area contributed by atoms with Gasteiger partial charge >= 0.3 is 0 Å². The van der Waals surface area contributed by atoms with Crippen LogP contribution < -0.4 is 16.0 Å². The lowest BCUT2D eigenvalue weighted by Gasteiger charge is -2.07. The Morgan fingerprint density at radius 1 is 1.33 bits per heavy atom. The molecule has 0 aliphatic rings. The molecule has 0 saturated heterocycles. The highest BCUT2D eigenvalue weighted by Crippen LogP contribution is 2.27. The van der Waals surface area contributed by atoms with Gasteiger partial charge in [-0.15, -0.1) is 11.8 Å². The summed E-state index contributed by atoms with van der Waals surface area (Å²) in [7, 11) is 1.67. The third-order valence-corrected chi connectivity index (χ3v) is 3.51. The lowest BCUT2D eigenvalue weighted by Crippen LogP contribution is -2.10. The lowest BCUT2D eigenvalue weighted by atomic mass is 10.3. The molecule has 0 bridgehead atoms. The monoisotopic (exact) mass is 261 g/mol. The number of nitrogen functional groups attached to an aromatic ring is 1. The minimum atomic E-state index is 0.716. The number of nitrogens with one attached hydrogen (secondary N) is 1. The van der Waals surface area contributed by atoms with Crippen LogP contribution in [-0.2, 0) is 5.75 Å². The number of hydrogen-bond acceptors (Lipinski definition) is 5. The Hall–Kier alpha value is -1.72. The fourth-order valence-corrected chi connectivity index (χ4v) is 2.47. The van der Waals surface area contributed by atoms with Gasteiger partial charge in [-0.05, 0) is 24.3 Å². The van der Waals surface area contributed by atoms with E-state index in [2.05, 4.69) is 16.5 Å². The van der Waals surface area contributed by atoms with Crippen LogP contribution in [-0.4, -0.2) is 12.1 Å². The highest BCUT2D eigenvalue weighted by molar-refractivity contribution is 7.98. The van der Waals surface area contributed by atoms with Gasteiger partial charge < -0.3 is 10.2 Å². The summed E-state index contributed by atoms with van der Waals surface area (Å²) in [5, 5.41) is 0. The van der Waals surface area contributed by atoms with Crippen LogP contribution in [0.15, 0.2) is 47.5 Å². The molecule has 0 unspecified atom stereocenters. The molecule has 0 aliphatic heterocycles. The molecule has 5 heteroatoms. The van der Waals surface area contributed by atoms with Crippen LogP contribution in [0.1, 0.15) is 5.56 Å². The SMILES string of the molecule is COc1cccc(SCc2cccnc2NN)c1. The van der Waals surface area contributed by atoms with E-state index in [1.54, 1.807) is 25.1 Å². The Morgan fingerprint density at radius 3 is 3.00 bits per heavy atom. The number of benzene rings is 1. The van der Waals surface area contributed by atoms with Crippen molar-refractivity contribution < 1.29 is 4.74 Å². The summed E-state index contributed by atoms with van der Waals surface area (Å²) in [5.74, 6) is 7.81. The number of thioether (sulfide) groups is 1. The molecule has 0 aliphatic carbocycles. The second-order valence-electron chi connectivity index (χ2n) is 3.62. The Morgan fingerprint density at radius 2 is 2.22 bits per heavy atom. The van der Waals surface area contributed by atoms with E-state index in [4.69, 9.17) is 10.6 Å². The molecule has 3 N–H and O–H groups in total. The lowest BCUT2D eigenvalue weighted by molar-refractivity contribution is 0.413. The Kier molecular flexibility index (Phi) is 4.44. The van der Waals surface area contributed by atoms with Crippen molar-refractivity contribution in [2.45, 2.75) is 10.6 Å². The molecular formula is C13H15N3OS. The summed E-state index contributed by atoms with van der Waals surface area (Å²) < 4.78 is 5.19. The molecule has 1 heterocycles. The predicted octanol–water partition coefficient (Wildman–Crippen LogP) is 2.67. The highest BCUT2D eigenvalue weighted by atomic mass is 32.2. The number of methoxy groups -OCH3 is 1. The van der Waals surface area contributed by atoms with E-state index in [0.29, 0.717) is 5.82 Å². The first-order valence-electron chi connectivity index (χ1n) is 5.51. The van der Waals surface area contributed by atoms with E-state index in [-0.39, 0.29) is 0 Å². The number of hydrazine groups is 1. The summed E-state index contributed by atoms with van der Waals surface area (Å²) in [5.41, 5.74) is 3.68. The second-order valence-corrected chi connectivity index (χ2v) is 4.67. The van der Waals surface area contributed by atoms with Crippen molar-refractivity contribution in [1.29, 1.82) is 0 Å². The molecule has 0 radical (unpaired) electrons. The number of nitrogens with zero attached hydrogens (tertiary/aromatic N) is 1. The van der Waals surface area contributed by atoms with Crippen LogP contribution >= 0.6 is 11.8 Å². The highest BCUT2D eigenvalue weighted by Gasteiger charge is 2.03. The summed E-state index contributed by atoms with van der Waals surface area (Å²) in [6, 6.07) is 11.9. The van der Waals surface area contributed by atoms with Gasteiger partial charge in [-0.1, -0.05) is 12.1 Å². The molecular weight excluding hydrogens is 246 g/mol. The molecule has 18 heavy (non-hydrogen) atoms. The number of rotatable bonds is 5. The fraction of sp³-hybridized carbons (Fsp3) is 0.154. The molecule has 0 saturated carbocycles. The van der Waals surface area contributed by atoms with E-state index in [9.17, 15) is 0 Å². The average Bonchev–Trinajstić information content (AvgIpc) is 2.45. The van der Waals surface area contributed by atoms with E-state index in [1.807, 2.05) is 30.3 Å². The van der Waals surface area contributed by atoms with Gasteiger partial charge in [0.15, 0.2) is 0 Å². The maximum absolute atomic E-state index is 5.42. The van der Waals surface area contributed by atoms with Crippen molar-refractivity contribution >= 4 is 17.6 Å². The Labute approximate surface area is 111 Å². The molecule has 1 aromatic heterocycles. The van der Waals surface area contributed by atoms with Crippen LogP contribution in [0.5, 0.6) is 5.75 Å². The Balaban J connectivity index is 2.06. The number of aromatic nitrogens is 1. The first-order chi connectivity index (χ1) is 8.83. The molecule has 4 nitrogen and oxygen atoms in total. The zero-order valence-corrected chi connectivity index (χ0v) is 10.9. The number of ether oxygens (including phenoxy) is 1. The minimum Gasteiger partial charge on any atom is -0.497 e. The van der Waals surface area contributed by atoms with Gasteiger partial charge in [-0.3, -0.25) is 0 Å². The zero-order chi connectivity index (χ0) is 12.8. The quantitative estimate of drug-likeness (QED) is 0.492. The molecule has 2 rings (SSSR count). The first-order valence-corrected chi connectivity index (χ1v) is 6.49. The summed E-state index contributed by atoms with van der Waals surface area (Å²) in [4.78, 5) is 5.32. The van der Waals surface area contributed by atoms with Crippen molar-refractivity contribution in [1.82, 2.24) is 4.98 Å². The molecule has 0 atom stereocenters. The number of nitrogens with two attached hydrogens (primary N) is 1. The van der Waals surface area contributed by atoms with Crippen LogP contribution in [0, 0.1) is 0 Å². The van der Waals surface area contributed by atoms with Crippen LogP contribution in [0.3, 0.4) is 0 Å². The van der Waals surface area contributed by atoms with Gasteiger partial charge in [-0.2, -0.15) is 0 Å². The topological polar surface area (TPSA) is 60.2 Å². The largest absolute Gasteiger partial charge is 0.497 e. The number of hydrogen-bond donors (Lipinski definition) is 2. The second kappa shape index (κ2) is 6.28. The molecule has 94 valence electrons. The van der Waals surface area contributed by atoms with Crippen molar-refractivity contribution in [2.75, 3.05) is 12.5 Å². The molecule has 1 aromatic carbocycles. The summed E-state index contributed by atoms with van der Waals surface area (Å²) >= 11 is 1.72. The normalized spacial score (nSPS) is 10.1. The maximum Gasteiger partial charge on any atom is 0.143 e. The molecule has 0 spiro atoms. The maximum atomic E-state index is 5.42. The minimum absolute atomic E-state index is 0.716. The van der Waals surface area contributed by atoms with Gasteiger partial charge in [0.05, 0.1) is 7.11 Å². The summed E-state index contributed by atoms with van der Waals surface area (Å²) in [6.45, 7) is 0. The standard InChI is InChI=1S/C13H15N3OS/c1-17-11-5-2-6-12(8-11)18-9-10-4-3-7-15-13(10)16-14/h2-8H,9,14H2,1H3,(H,15,16). The van der Waals surface area contributed by atoms with E-state index < -0.39 is 0 Å². The van der Waals surface area contributed by atoms with E-state index in [1.165, 1.54) is 0 Å². The Bertz CT molecular complexity index is 519.